The first-order valence-corrected chi connectivity index (χ1v) is 10.4. The number of carbonyl (C=O) groups is 2. The van der Waals surface area contributed by atoms with Crippen molar-refractivity contribution in [3.63, 3.8) is 0 Å². The number of esters is 1. The van der Waals surface area contributed by atoms with Crippen molar-refractivity contribution in [3.8, 4) is 5.75 Å². The van der Waals surface area contributed by atoms with E-state index in [9.17, 15) is 9.59 Å². The van der Waals surface area contributed by atoms with Crippen LogP contribution in [0, 0.1) is 0 Å². The van der Waals surface area contributed by atoms with Crippen LogP contribution in [0.5, 0.6) is 5.75 Å². The molecular weight excluding hydrogens is 390 g/mol. The monoisotopic (exact) mass is 417 g/mol. The lowest BCUT2D eigenvalue weighted by atomic mass is 10.1. The molecule has 0 unspecified atom stereocenters. The van der Waals surface area contributed by atoms with Crippen molar-refractivity contribution in [2.24, 2.45) is 0 Å². The van der Waals surface area contributed by atoms with Crippen molar-refractivity contribution in [1.82, 2.24) is 5.32 Å². The lowest BCUT2D eigenvalue weighted by Crippen LogP contribution is -2.43. The van der Waals surface area contributed by atoms with Gasteiger partial charge < -0.3 is 14.8 Å². The summed E-state index contributed by atoms with van der Waals surface area (Å²) in [4.78, 5) is 24.6. The average Bonchev–Trinajstić information content (AvgIpc) is 2.83. The van der Waals surface area contributed by atoms with Crippen LogP contribution < -0.4 is 10.1 Å². The van der Waals surface area contributed by atoms with Gasteiger partial charge in [0.1, 0.15) is 25.0 Å². The molecular formula is C26H27NO4. The molecule has 31 heavy (non-hydrogen) atoms. The largest absolute Gasteiger partial charge is 0.489 e. The molecule has 0 saturated heterocycles. The third kappa shape index (κ3) is 7.30. The van der Waals surface area contributed by atoms with Crippen molar-refractivity contribution in [2.75, 3.05) is 0 Å². The average molecular weight is 418 g/mol. The van der Waals surface area contributed by atoms with E-state index in [-0.39, 0.29) is 12.5 Å². The molecule has 3 aromatic carbocycles. The summed E-state index contributed by atoms with van der Waals surface area (Å²) in [5, 5.41) is 2.77. The van der Waals surface area contributed by atoms with Crippen LogP contribution in [0.1, 0.15) is 30.0 Å². The normalized spacial score (nSPS) is 11.4. The summed E-state index contributed by atoms with van der Waals surface area (Å²) in [6, 6.07) is 26.2. The van der Waals surface area contributed by atoms with Gasteiger partial charge in [-0.3, -0.25) is 4.79 Å². The van der Waals surface area contributed by atoms with E-state index in [0.29, 0.717) is 19.4 Å². The van der Waals surface area contributed by atoms with Gasteiger partial charge in [0.2, 0.25) is 5.91 Å². The van der Waals surface area contributed by atoms with Crippen LogP contribution >= 0.6 is 0 Å². The fourth-order valence-corrected chi connectivity index (χ4v) is 3.02. The second kappa shape index (κ2) is 11.6. The van der Waals surface area contributed by atoms with Crippen LogP contribution in [0.15, 0.2) is 84.9 Å². The van der Waals surface area contributed by atoms with Crippen LogP contribution in [0.2, 0.25) is 0 Å². The summed E-state index contributed by atoms with van der Waals surface area (Å²) in [7, 11) is 0. The molecule has 5 nitrogen and oxygen atoms in total. The van der Waals surface area contributed by atoms with Gasteiger partial charge in [-0.1, -0.05) is 79.7 Å². The molecule has 1 N–H and O–H groups in total. The quantitative estimate of drug-likeness (QED) is 0.495. The molecule has 1 amide bonds. The lowest BCUT2D eigenvalue weighted by molar-refractivity contribution is -0.149. The Morgan fingerprint density at radius 3 is 1.94 bits per heavy atom. The van der Waals surface area contributed by atoms with Crippen molar-refractivity contribution < 1.29 is 19.1 Å². The Hall–Kier alpha value is -3.60. The molecule has 0 aromatic heterocycles. The fraction of sp³-hybridized carbons (Fsp3) is 0.231. The Balaban J connectivity index is 1.59. The van der Waals surface area contributed by atoms with Crippen LogP contribution in [-0.4, -0.2) is 17.9 Å². The second-order valence-electron chi connectivity index (χ2n) is 7.19. The van der Waals surface area contributed by atoms with E-state index in [2.05, 4.69) is 5.32 Å². The lowest BCUT2D eigenvalue weighted by Gasteiger charge is -2.18. The summed E-state index contributed by atoms with van der Waals surface area (Å²) in [5.41, 5.74) is 2.90. The number of nitrogens with one attached hydrogen (secondary N) is 1. The van der Waals surface area contributed by atoms with Crippen LogP contribution in [0.25, 0.3) is 0 Å². The second-order valence-corrected chi connectivity index (χ2v) is 7.19. The number of hydrogen-bond donors (Lipinski definition) is 1. The highest BCUT2D eigenvalue weighted by Crippen LogP contribution is 2.16. The molecule has 0 saturated carbocycles. The van der Waals surface area contributed by atoms with Gasteiger partial charge in [-0.15, -0.1) is 0 Å². The predicted octanol–water partition coefficient (Wildman–Crippen LogP) is 4.45. The first-order chi connectivity index (χ1) is 15.1. The summed E-state index contributed by atoms with van der Waals surface area (Å²) in [6.07, 6.45) is 0.646. The van der Waals surface area contributed by atoms with Crippen molar-refractivity contribution >= 4 is 11.9 Å². The Bertz CT molecular complexity index is 956. The molecule has 0 fully saturated rings. The third-order valence-electron chi connectivity index (χ3n) is 4.78. The highest BCUT2D eigenvalue weighted by Gasteiger charge is 2.22. The topological polar surface area (TPSA) is 64.6 Å². The summed E-state index contributed by atoms with van der Waals surface area (Å²) < 4.78 is 11.2. The van der Waals surface area contributed by atoms with Crippen LogP contribution in [0.4, 0.5) is 0 Å². The number of ether oxygens (including phenoxy) is 2. The molecule has 0 radical (unpaired) electrons. The van der Waals surface area contributed by atoms with Crippen molar-refractivity contribution in [1.29, 1.82) is 0 Å². The SMILES string of the molecule is CCC(=O)N[C@@H](Cc1ccc(OCc2ccccc2)cc1)C(=O)OCc1ccccc1. The molecule has 0 bridgehead atoms. The molecule has 3 aromatic rings. The first-order valence-electron chi connectivity index (χ1n) is 10.4. The van der Waals surface area contributed by atoms with E-state index in [1.165, 1.54) is 0 Å². The van der Waals surface area contributed by atoms with E-state index in [1.807, 2.05) is 84.9 Å². The zero-order chi connectivity index (χ0) is 21.9. The predicted molar refractivity (Wildman–Crippen MR) is 119 cm³/mol. The van der Waals surface area contributed by atoms with Gasteiger partial charge in [0, 0.05) is 12.8 Å². The van der Waals surface area contributed by atoms with Gasteiger partial charge in [0.05, 0.1) is 0 Å². The fourth-order valence-electron chi connectivity index (χ4n) is 3.02. The first kappa shape index (κ1) is 22.1. The third-order valence-corrected chi connectivity index (χ3v) is 4.78. The maximum Gasteiger partial charge on any atom is 0.329 e. The number of amides is 1. The highest BCUT2D eigenvalue weighted by molar-refractivity contribution is 5.84. The number of rotatable bonds is 10. The zero-order valence-electron chi connectivity index (χ0n) is 17.6. The van der Waals surface area contributed by atoms with Crippen LogP contribution in [-0.2, 0) is 34.0 Å². The van der Waals surface area contributed by atoms with E-state index < -0.39 is 12.0 Å². The summed E-state index contributed by atoms with van der Waals surface area (Å²) in [6.45, 7) is 2.41. The van der Waals surface area contributed by atoms with Gasteiger partial charge in [-0.25, -0.2) is 4.79 Å². The van der Waals surface area contributed by atoms with Gasteiger partial charge in [-0.05, 0) is 28.8 Å². The minimum atomic E-state index is -0.743. The molecule has 0 aliphatic heterocycles. The van der Waals surface area contributed by atoms with Gasteiger partial charge in [0.15, 0.2) is 0 Å². The molecule has 3 rings (SSSR count). The van der Waals surface area contributed by atoms with Gasteiger partial charge >= 0.3 is 5.97 Å². The zero-order valence-corrected chi connectivity index (χ0v) is 17.6. The standard InChI is InChI=1S/C26H27NO4/c1-2-25(28)27-24(26(29)31-19-22-11-7-4-8-12-22)17-20-13-15-23(16-14-20)30-18-21-9-5-3-6-10-21/h3-16,24H,2,17-19H2,1H3,(H,27,28)/t24-/m0/s1. The molecule has 0 aliphatic carbocycles. The van der Waals surface area contributed by atoms with Gasteiger partial charge in [-0.2, -0.15) is 0 Å². The minimum absolute atomic E-state index is 0.171. The number of carbonyl (C=O) groups excluding carboxylic acids is 2. The Labute approximate surface area is 183 Å². The van der Waals surface area contributed by atoms with Crippen molar-refractivity contribution in [3.05, 3.63) is 102 Å². The number of benzene rings is 3. The van der Waals surface area contributed by atoms with E-state index in [0.717, 1.165) is 22.4 Å². The molecule has 160 valence electrons. The molecule has 0 aliphatic rings. The maximum absolute atomic E-state index is 12.6. The summed E-state index contributed by atoms with van der Waals surface area (Å²) >= 11 is 0. The maximum atomic E-state index is 12.6. The molecule has 5 heteroatoms. The molecule has 1 atom stereocenters. The van der Waals surface area contributed by atoms with Gasteiger partial charge in [0.25, 0.3) is 0 Å². The Morgan fingerprint density at radius 1 is 0.774 bits per heavy atom. The minimum Gasteiger partial charge on any atom is -0.489 e. The Morgan fingerprint density at radius 2 is 1.35 bits per heavy atom. The van der Waals surface area contributed by atoms with Crippen LogP contribution in [0.3, 0.4) is 0 Å². The smallest absolute Gasteiger partial charge is 0.329 e. The van der Waals surface area contributed by atoms with Crippen molar-refractivity contribution in [2.45, 2.75) is 39.0 Å². The molecule has 0 spiro atoms. The highest BCUT2D eigenvalue weighted by atomic mass is 16.5. The number of hydrogen-bond acceptors (Lipinski definition) is 4. The Kier molecular flexibility index (Phi) is 8.23. The van der Waals surface area contributed by atoms with E-state index in [4.69, 9.17) is 9.47 Å². The van der Waals surface area contributed by atoms with E-state index >= 15 is 0 Å². The summed E-state index contributed by atoms with van der Waals surface area (Å²) in [5.74, 6) is 0.105. The van der Waals surface area contributed by atoms with E-state index in [1.54, 1.807) is 6.92 Å². The molecule has 0 heterocycles.